The molecule has 0 unspecified atom stereocenters. The molecule has 53 heavy (non-hydrogen) atoms. The third kappa shape index (κ3) is 46.8. The number of hydrogen-bond acceptors (Lipinski definition) is 7. The van der Waals surface area contributed by atoms with Crippen LogP contribution in [0, 0.1) is 0 Å². The van der Waals surface area contributed by atoms with Crippen molar-refractivity contribution in [2.75, 3.05) is 13.2 Å². The molecule has 0 heterocycles. The Morgan fingerprint density at radius 3 is 1.21 bits per heavy atom. The standard InChI is InChI=1S/C22H43NO3.C18H37NO2.C4H7ClO/c1-3-5-6-7-8-9-10-11-12-13-14-15-16-18-21(25)20(19-24)23-22(26)17-4-2;1-2-3-4-5-6-7-8-9-10-11-12-13-14-15-18(21)17(19)16-20;1-2-3-4(5)6/h16,18,20-21,24-25H,3-15,17,19H2,1-2H3,(H,23,26);14-15,17-18,20-21H,2-13,16,19H2,1H3;2-3H2,1H3/b18-16+;15-14+;/t20-,21+;17-,18+;/m00./s1. The molecule has 0 aliphatic rings. The molecule has 0 fully saturated rings. The Morgan fingerprint density at radius 1 is 0.547 bits per heavy atom. The molecule has 0 saturated heterocycles. The molecule has 8 nitrogen and oxygen atoms in total. The van der Waals surface area contributed by atoms with Crippen LogP contribution < -0.4 is 11.1 Å². The molecular formula is C44H87ClN2O6. The summed E-state index contributed by atoms with van der Waals surface area (Å²) >= 11 is 4.94. The Kier molecular flexibility index (Phi) is 49.6. The van der Waals surface area contributed by atoms with Crippen LogP contribution in [0.2, 0.25) is 0 Å². The minimum Gasteiger partial charge on any atom is -0.395 e. The highest BCUT2D eigenvalue weighted by Gasteiger charge is 2.17. The van der Waals surface area contributed by atoms with E-state index in [0.717, 1.165) is 32.1 Å². The fourth-order valence-electron chi connectivity index (χ4n) is 5.65. The van der Waals surface area contributed by atoms with E-state index in [-0.39, 0.29) is 24.4 Å². The summed E-state index contributed by atoms with van der Waals surface area (Å²) in [7, 11) is 0. The van der Waals surface area contributed by atoms with E-state index in [0.29, 0.717) is 12.8 Å². The largest absolute Gasteiger partial charge is 0.395 e. The monoisotopic (exact) mass is 775 g/mol. The Labute approximate surface area is 332 Å². The lowest BCUT2D eigenvalue weighted by Crippen LogP contribution is -2.45. The highest BCUT2D eigenvalue weighted by molar-refractivity contribution is 6.63. The second-order valence-electron chi connectivity index (χ2n) is 14.5. The van der Waals surface area contributed by atoms with Crippen LogP contribution in [0.1, 0.15) is 207 Å². The van der Waals surface area contributed by atoms with Gasteiger partial charge in [-0.25, -0.2) is 0 Å². The topological polar surface area (TPSA) is 153 Å². The first-order valence-corrected chi connectivity index (χ1v) is 22.2. The van der Waals surface area contributed by atoms with E-state index < -0.39 is 24.3 Å². The number of unbranched alkanes of at least 4 members (excludes halogenated alkanes) is 22. The van der Waals surface area contributed by atoms with Gasteiger partial charge in [0.15, 0.2) is 0 Å². The van der Waals surface area contributed by atoms with Crippen LogP contribution in [-0.4, -0.2) is 69.1 Å². The maximum Gasteiger partial charge on any atom is 0.221 e. The van der Waals surface area contributed by atoms with Crippen LogP contribution >= 0.6 is 11.6 Å². The molecule has 7 N–H and O–H groups in total. The van der Waals surface area contributed by atoms with E-state index in [2.05, 4.69) is 19.2 Å². The number of aliphatic hydroxyl groups excluding tert-OH is 4. The van der Waals surface area contributed by atoms with E-state index in [9.17, 15) is 24.9 Å². The molecular weight excluding hydrogens is 688 g/mol. The molecule has 1 amide bonds. The lowest BCUT2D eigenvalue weighted by atomic mass is 10.0. The van der Waals surface area contributed by atoms with Gasteiger partial charge in [0.25, 0.3) is 0 Å². The van der Waals surface area contributed by atoms with Gasteiger partial charge in [0.1, 0.15) is 0 Å². The molecule has 0 aromatic rings. The highest BCUT2D eigenvalue weighted by Crippen LogP contribution is 2.13. The van der Waals surface area contributed by atoms with Crippen molar-refractivity contribution in [3.8, 4) is 0 Å². The van der Waals surface area contributed by atoms with Crippen LogP contribution in [0.4, 0.5) is 0 Å². The van der Waals surface area contributed by atoms with Gasteiger partial charge in [-0.3, -0.25) is 9.59 Å². The van der Waals surface area contributed by atoms with Crippen LogP contribution in [0.15, 0.2) is 24.3 Å². The van der Waals surface area contributed by atoms with E-state index in [4.69, 9.17) is 22.4 Å². The van der Waals surface area contributed by atoms with Gasteiger partial charge in [-0.15, -0.1) is 0 Å². The quantitative estimate of drug-likeness (QED) is 0.0213. The van der Waals surface area contributed by atoms with Crippen molar-refractivity contribution >= 4 is 22.8 Å². The zero-order valence-electron chi connectivity index (χ0n) is 34.9. The minimum atomic E-state index is -0.825. The molecule has 9 heteroatoms. The third-order valence-electron chi connectivity index (χ3n) is 9.14. The molecule has 0 aromatic carbocycles. The Hall–Kier alpha value is -1.29. The Balaban J connectivity index is -0.000000829. The zero-order valence-corrected chi connectivity index (χ0v) is 35.6. The number of halogens is 1. The molecule has 0 spiro atoms. The van der Waals surface area contributed by atoms with E-state index in [1.54, 1.807) is 12.2 Å². The Morgan fingerprint density at radius 2 is 0.906 bits per heavy atom. The number of allylic oxidation sites excluding steroid dienone is 2. The van der Waals surface area contributed by atoms with E-state index >= 15 is 0 Å². The molecule has 0 rings (SSSR count). The molecule has 0 aliphatic carbocycles. The number of carbonyl (C=O) groups excluding carboxylic acids is 2. The molecule has 0 radical (unpaired) electrons. The van der Waals surface area contributed by atoms with Crippen LogP contribution in [0.3, 0.4) is 0 Å². The van der Waals surface area contributed by atoms with Gasteiger partial charge in [-0.1, -0.05) is 180 Å². The first kappa shape index (κ1) is 56.0. The van der Waals surface area contributed by atoms with Gasteiger partial charge in [0.2, 0.25) is 11.1 Å². The number of nitrogens with two attached hydrogens (primary N) is 1. The maximum atomic E-state index is 11.5. The van der Waals surface area contributed by atoms with Crippen molar-refractivity contribution in [3.63, 3.8) is 0 Å². The van der Waals surface area contributed by atoms with E-state index in [1.165, 1.54) is 135 Å². The summed E-state index contributed by atoms with van der Waals surface area (Å²) in [6.45, 7) is 7.93. The van der Waals surface area contributed by atoms with Gasteiger partial charge in [-0.2, -0.15) is 0 Å². The summed E-state index contributed by atoms with van der Waals surface area (Å²) in [6.07, 6.45) is 39.7. The first-order valence-electron chi connectivity index (χ1n) is 21.8. The number of nitrogens with one attached hydrogen (secondary N) is 1. The molecule has 316 valence electrons. The summed E-state index contributed by atoms with van der Waals surface area (Å²) in [4.78, 5) is 21.4. The molecule has 0 saturated carbocycles. The number of rotatable bonds is 35. The maximum absolute atomic E-state index is 11.5. The average molecular weight is 776 g/mol. The molecule has 4 atom stereocenters. The molecule has 0 aromatic heterocycles. The van der Waals surface area contributed by atoms with Crippen LogP contribution in [0.5, 0.6) is 0 Å². The summed E-state index contributed by atoms with van der Waals surface area (Å²) in [6, 6.07) is -1.17. The first-order chi connectivity index (χ1) is 25.6. The van der Waals surface area contributed by atoms with Crippen LogP contribution in [0.25, 0.3) is 0 Å². The number of carbonyl (C=O) groups is 2. The number of hydrogen-bond donors (Lipinski definition) is 6. The fraction of sp³-hybridized carbons (Fsp3) is 0.864. The smallest absolute Gasteiger partial charge is 0.221 e. The molecule has 0 bridgehead atoms. The van der Waals surface area contributed by atoms with Crippen LogP contribution in [-0.2, 0) is 9.59 Å². The predicted octanol–water partition coefficient (Wildman–Crippen LogP) is 10.4. The van der Waals surface area contributed by atoms with Crippen molar-refractivity contribution in [1.82, 2.24) is 5.32 Å². The summed E-state index contributed by atoms with van der Waals surface area (Å²) in [5.74, 6) is -0.121. The molecule has 0 aliphatic heterocycles. The minimum absolute atomic E-state index is 0.121. The SMILES string of the molecule is CCCC(=O)Cl.CCCCCCCCCCCCC/C=C/[C@@H](O)[C@@H](N)CO.CCCCCCCCCCCCC/C=C/[C@@H](O)[C@H](CO)NC(=O)CCC. The van der Waals surface area contributed by atoms with Crippen molar-refractivity contribution in [3.05, 3.63) is 24.3 Å². The van der Waals surface area contributed by atoms with Gasteiger partial charge < -0.3 is 31.5 Å². The van der Waals surface area contributed by atoms with Crippen molar-refractivity contribution in [2.24, 2.45) is 5.73 Å². The number of amides is 1. The summed E-state index contributed by atoms with van der Waals surface area (Å²) in [5.41, 5.74) is 5.51. The zero-order chi connectivity index (χ0) is 40.2. The second kappa shape index (κ2) is 46.9. The fourth-order valence-corrected chi connectivity index (χ4v) is 5.84. The highest BCUT2D eigenvalue weighted by atomic mass is 35.5. The van der Waals surface area contributed by atoms with Crippen molar-refractivity contribution in [1.29, 1.82) is 0 Å². The lowest BCUT2D eigenvalue weighted by Gasteiger charge is -2.19. The summed E-state index contributed by atoms with van der Waals surface area (Å²) in [5, 5.41) is 40.1. The average Bonchev–Trinajstić information content (AvgIpc) is 3.14. The van der Waals surface area contributed by atoms with Crippen molar-refractivity contribution < 1.29 is 30.0 Å². The predicted molar refractivity (Wildman–Crippen MR) is 227 cm³/mol. The van der Waals surface area contributed by atoms with Crippen molar-refractivity contribution in [2.45, 2.75) is 232 Å². The van der Waals surface area contributed by atoms with Gasteiger partial charge in [0.05, 0.1) is 37.5 Å². The van der Waals surface area contributed by atoms with Gasteiger partial charge in [0, 0.05) is 12.8 Å². The van der Waals surface area contributed by atoms with Gasteiger partial charge >= 0.3 is 0 Å². The summed E-state index contributed by atoms with van der Waals surface area (Å²) < 4.78 is 0. The second-order valence-corrected chi connectivity index (χ2v) is 15.0. The Bertz CT molecular complexity index is 813. The lowest BCUT2D eigenvalue weighted by molar-refractivity contribution is -0.122. The number of aliphatic hydroxyl groups is 4. The third-order valence-corrected chi connectivity index (χ3v) is 9.33. The van der Waals surface area contributed by atoms with E-state index in [1.807, 2.05) is 26.0 Å². The van der Waals surface area contributed by atoms with Gasteiger partial charge in [-0.05, 0) is 50.1 Å². The normalized spacial score (nSPS) is 13.5.